The number of fused-ring (bicyclic) bond motifs is 8. The van der Waals surface area contributed by atoms with Crippen molar-refractivity contribution in [3.63, 3.8) is 0 Å². The summed E-state index contributed by atoms with van der Waals surface area (Å²) < 4.78 is 0. The fourth-order valence-corrected chi connectivity index (χ4v) is 7.49. The van der Waals surface area contributed by atoms with Crippen molar-refractivity contribution in [2.45, 2.75) is 0 Å². The van der Waals surface area contributed by atoms with Gasteiger partial charge in [-0.15, -0.1) is 0 Å². The molecule has 256 valence electrons. The van der Waals surface area contributed by atoms with Crippen molar-refractivity contribution in [2.75, 3.05) is 22.9 Å². The van der Waals surface area contributed by atoms with Gasteiger partial charge < -0.3 is 32.9 Å². The molecule has 0 saturated carbocycles. The molecule has 5 heterocycles. The van der Waals surface area contributed by atoms with Crippen LogP contribution in [0, 0.1) is 0 Å². The molecule has 2 aliphatic rings. The first-order valence-corrected chi connectivity index (χ1v) is 17.5. The van der Waals surface area contributed by atoms with E-state index < -0.39 is 0 Å². The fourth-order valence-electron chi connectivity index (χ4n) is 7.24. The Morgan fingerprint density at radius 2 is 0.755 bits per heavy atom. The highest BCUT2D eigenvalue weighted by molar-refractivity contribution is 6.35. The molecule has 2 aliphatic heterocycles. The summed E-state index contributed by atoms with van der Waals surface area (Å²) >= 11 is 7.22. The monoisotopic (exact) mass is 708 g/mol. The SMILES string of the molecule is Nc1cccc(-c2c3nc(c(-c4cccc(N)c4)c4cc(Cl)c([nH]4)c(-c4cccc(N)c4)c4nc(c(-c5cccc(N)c5)c5ccc2[nH]5)C=C4)C=C3)c1. The molecule has 10 N–H and O–H groups in total. The molecule has 0 atom stereocenters. The molecule has 0 fully saturated rings. The van der Waals surface area contributed by atoms with Crippen LogP contribution in [-0.2, 0) is 0 Å². The minimum absolute atomic E-state index is 0.514. The Hall–Kier alpha value is -7.03. The predicted molar refractivity (Wildman–Crippen MR) is 223 cm³/mol. The van der Waals surface area contributed by atoms with Crippen LogP contribution in [0.2, 0.25) is 5.02 Å². The molecular formula is C44H33ClN8. The van der Waals surface area contributed by atoms with Crippen LogP contribution in [0.5, 0.6) is 0 Å². The molecule has 8 nitrogen and oxygen atoms in total. The molecule has 9 rings (SSSR count). The molecule has 7 aromatic rings. The fraction of sp³-hybridized carbons (Fsp3) is 0. The van der Waals surface area contributed by atoms with Gasteiger partial charge in [0.2, 0.25) is 0 Å². The van der Waals surface area contributed by atoms with Gasteiger partial charge in [0.05, 0.1) is 38.8 Å². The molecule has 8 bridgehead atoms. The first-order valence-electron chi connectivity index (χ1n) is 17.1. The lowest BCUT2D eigenvalue weighted by atomic mass is 10.0. The van der Waals surface area contributed by atoms with E-state index >= 15 is 0 Å². The van der Waals surface area contributed by atoms with Crippen LogP contribution in [0.15, 0.2) is 115 Å². The zero-order valence-corrected chi connectivity index (χ0v) is 29.1. The second-order valence-corrected chi connectivity index (χ2v) is 13.5. The van der Waals surface area contributed by atoms with E-state index in [2.05, 4.69) is 22.1 Å². The second kappa shape index (κ2) is 12.6. The number of H-pyrrole nitrogens is 2. The smallest absolute Gasteiger partial charge is 0.0737 e. The summed E-state index contributed by atoms with van der Waals surface area (Å²) in [6, 6.07) is 37.2. The van der Waals surface area contributed by atoms with Crippen molar-refractivity contribution in [1.29, 1.82) is 0 Å². The Bertz CT molecular complexity index is 2860. The van der Waals surface area contributed by atoms with Gasteiger partial charge in [0, 0.05) is 56.0 Å². The summed E-state index contributed by atoms with van der Waals surface area (Å²) in [6.45, 7) is 0. The van der Waals surface area contributed by atoms with Crippen molar-refractivity contribution < 1.29 is 0 Å². The van der Waals surface area contributed by atoms with Gasteiger partial charge in [-0.25, -0.2) is 9.97 Å². The zero-order valence-electron chi connectivity index (χ0n) is 28.4. The van der Waals surface area contributed by atoms with Gasteiger partial charge in [-0.05, 0) is 113 Å². The molecule has 0 unspecified atom stereocenters. The number of halogens is 1. The molecule has 4 aromatic carbocycles. The van der Waals surface area contributed by atoms with Crippen LogP contribution < -0.4 is 22.9 Å². The molecular weight excluding hydrogens is 676 g/mol. The number of nitrogens with two attached hydrogens (primary N) is 4. The quantitative estimate of drug-likeness (QED) is 0.0997. The molecule has 3 aromatic heterocycles. The van der Waals surface area contributed by atoms with Crippen LogP contribution in [0.3, 0.4) is 0 Å². The van der Waals surface area contributed by atoms with E-state index in [4.69, 9.17) is 44.5 Å². The van der Waals surface area contributed by atoms with E-state index in [0.29, 0.717) is 39.0 Å². The van der Waals surface area contributed by atoms with Crippen LogP contribution >= 0.6 is 11.6 Å². The normalized spacial score (nSPS) is 12.0. The van der Waals surface area contributed by atoms with E-state index in [-0.39, 0.29) is 0 Å². The largest absolute Gasteiger partial charge is 0.399 e. The van der Waals surface area contributed by atoms with Crippen LogP contribution in [0.25, 0.3) is 90.9 Å². The Labute approximate surface area is 310 Å². The number of hydrogen-bond acceptors (Lipinski definition) is 6. The molecule has 0 amide bonds. The standard InChI is InChI=1S/C44H33ClN8/c45-32-23-39-42(26-7-3-11-30(48)21-26)37-16-15-35(51-37)40(24-5-1-9-28(46)19-24)33-13-14-34(50-33)41(25-6-2-10-29(47)20-25)36-17-18-38(52-36)43(44(32)53-39)27-8-4-12-31(49)22-27/h1-23,50,53H,46-49H2. The van der Waals surface area contributed by atoms with Gasteiger partial charge in [-0.2, -0.15) is 0 Å². The number of nitrogens with zero attached hydrogens (tertiary/aromatic N) is 2. The van der Waals surface area contributed by atoms with Crippen LogP contribution in [-0.4, -0.2) is 19.9 Å². The first-order chi connectivity index (χ1) is 25.8. The van der Waals surface area contributed by atoms with E-state index in [1.54, 1.807) is 0 Å². The Morgan fingerprint density at radius 3 is 1.15 bits per heavy atom. The van der Waals surface area contributed by atoms with Crippen LogP contribution in [0.1, 0.15) is 22.8 Å². The van der Waals surface area contributed by atoms with E-state index in [1.165, 1.54) is 0 Å². The molecule has 0 radical (unpaired) electrons. The molecule has 53 heavy (non-hydrogen) atoms. The van der Waals surface area contributed by atoms with Gasteiger partial charge >= 0.3 is 0 Å². The Kier molecular flexibility index (Phi) is 7.61. The van der Waals surface area contributed by atoms with Crippen molar-refractivity contribution in [3.05, 3.63) is 143 Å². The van der Waals surface area contributed by atoms with Gasteiger partial charge in [0.1, 0.15) is 0 Å². The average molecular weight is 709 g/mol. The summed E-state index contributed by atoms with van der Waals surface area (Å²) in [5.41, 5.74) is 41.1. The van der Waals surface area contributed by atoms with E-state index in [9.17, 15) is 0 Å². The maximum Gasteiger partial charge on any atom is 0.0737 e. The molecule has 0 spiro atoms. The topological polar surface area (TPSA) is 161 Å². The molecule has 0 aliphatic carbocycles. The third-order valence-corrected chi connectivity index (χ3v) is 9.82. The summed E-state index contributed by atoms with van der Waals surface area (Å²) in [5, 5.41) is 0.514. The van der Waals surface area contributed by atoms with Crippen molar-refractivity contribution in [2.24, 2.45) is 0 Å². The minimum atomic E-state index is 0.514. The number of aromatic amines is 2. The van der Waals surface area contributed by atoms with Crippen molar-refractivity contribution in [1.82, 2.24) is 19.9 Å². The van der Waals surface area contributed by atoms with Crippen molar-refractivity contribution in [3.8, 4) is 44.5 Å². The molecule has 0 saturated heterocycles. The predicted octanol–water partition coefficient (Wildman–Crippen LogP) is 10.3. The summed E-state index contributed by atoms with van der Waals surface area (Å²) in [7, 11) is 0. The lowest BCUT2D eigenvalue weighted by Gasteiger charge is -2.08. The summed E-state index contributed by atoms with van der Waals surface area (Å²) in [5.74, 6) is 0. The third-order valence-electron chi connectivity index (χ3n) is 9.52. The average Bonchev–Trinajstić information content (AvgIpc) is 3.96. The number of rotatable bonds is 4. The summed E-state index contributed by atoms with van der Waals surface area (Å²) in [6.07, 6.45) is 8.08. The van der Waals surface area contributed by atoms with Gasteiger partial charge in [0.25, 0.3) is 0 Å². The third kappa shape index (κ3) is 5.77. The number of benzene rings is 4. The maximum absolute atomic E-state index is 7.22. The second-order valence-electron chi connectivity index (χ2n) is 13.1. The minimum Gasteiger partial charge on any atom is -0.399 e. The van der Waals surface area contributed by atoms with E-state index in [0.717, 1.165) is 78.1 Å². The van der Waals surface area contributed by atoms with E-state index in [1.807, 2.05) is 127 Å². The van der Waals surface area contributed by atoms with Gasteiger partial charge in [-0.1, -0.05) is 60.1 Å². The van der Waals surface area contributed by atoms with Gasteiger partial charge in [0.15, 0.2) is 0 Å². The lowest BCUT2D eigenvalue weighted by molar-refractivity contribution is 1.31. The number of aromatic nitrogens is 4. The Balaban J connectivity index is 1.51. The number of hydrogen-bond donors (Lipinski definition) is 6. The highest BCUT2D eigenvalue weighted by Crippen LogP contribution is 2.41. The lowest BCUT2D eigenvalue weighted by Crippen LogP contribution is -1.92. The number of anilines is 4. The van der Waals surface area contributed by atoms with Crippen LogP contribution in [0.4, 0.5) is 22.7 Å². The maximum atomic E-state index is 7.22. The first kappa shape index (κ1) is 31.9. The highest BCUT2D eigenvalue weighted by Gasteiger charge is 2.20. The Morgan fingerprint density at radius 1 is 0.396 bits per heavy atom. The summed E-state index contributed by atoms with van der Waals surface area (Å²) in [4.78, 5) is 18.0. The van der Waals surface area contributed by atoms with Crippen molar-refractivity contribution >= 4 is 80.7 Å². The zero-order chi connectivity index (χ0) is 36.2. The highest BCUT2D eigenvalue weighted by atomic mass is 35.5. The number of nitrogens with one attached hydrogen (secondary N) is 2. The van der Waals surface area contributed by atoms with Gasteiger partial charge in [-0.3, -0.25) is 0 Å². The molecule has 9 heteroatoms. The number of nitrogen functional groups attached to an aromatic ring is 4.